The number of Topliss-reactive ketones (excluding diaryl/α,β-unsaturated/α-hetero) is 3. The number of ether oxygens (including phenoxy) is 2. The van der Waals surface area contributed by atoms with Crippen LogP contribution < -0.4 is 0 Å². The molecule has 2 saturated heterocycles. The Morgan fingerprint density at radius 3 is 1.53 bits per heavy atom. The molecule has 6 atom stereocenters. The van der Waals surface area contributed by atoms with Gasteiger partial charge < -0.3 is 13.9 Å². The van der Waals surface area contributed by atoms with E-state index in [1.54, 1.807) is 12.5 Å². The van der Waals surface area contributed by atoms with Gasteiger partial charge in [0.15, 0.2) is 11.6 Å². The van der Waals surface area contributed by atoms with Crippen LogP contribution in [-0.4, -0.2) is 58.9 Å². The van der Waals surface area contributed by atoms with Crippen molar-refractivity contribution in [2.45, 2.75) is 61.8 Å². The van der Waals surface area contributed by atoms with Gasteiger partial charge in [-0.05, 0) is 12.1 Å². The maximum absolute atomic E-state index is 11.4. The molecule has 203 valence electrons. The second kappa shape index (κ2) is 20.6. The van der Waals surface area contributed by atoms with Crippen LogP contribution in [0, 0.1) is 0 Å². The second-order valence-electron chi connectivity index (χ2n) is 7.00. The summed E-state index contributed by atoms with van der Waals surface area (Å²) in [5.74, 6) is 0.530. The minimum atomic E-state index is -0.265. The molecule has 5 heterocycles. The Kier molecular flexibility index (Phi) is 22.8. The number of furan rings is 1. The van der Waals surface area contributed by atoms with E-state index in [1.807, 2.05) is 36.4 Å². The maximum Gasteiger partial charge on any atom is 0.181 e. The first-order chi connectivity index (χ1) is 15.6. The van der Waals surface area contributed by atoms with E-state index in [4.69, 9.17) is 9.47 Å². The van der Waals surface area contributed by atoms with Gasteiger partial charge in [-0.15, -0.1) is 0 Å². The number of ketones is 3. The molecule has 0 spiro atoms. The third-order valence-corrected chi connectivity index (χ3v) is 8.28. The van der Waals surface area contributed by atoms with Crippen molar-refractivity contribution in [3.05, 3.63) is 49.0 Å². The molecule has 4 aliphatic rings. The number of carbonyl (C=O) groups excluding carboxylic acids is 3. The van der Waals surface area contributed by atoms with E-state index in [9.17, 15) is 14.4 Å². The molecule has 4 aliphatic heterocycles. The van der Waals surface area contributed by atoms with Gasteiger partial charge in [-0.2, -0.15) is 0 Å². The zero-order chi connectivity index (χ0) is 24.5. The van der Waals surface area contributed by atoms with Gasteiger partial charge in [-0.1, -0.05) is 127 Å². The number of fused-ring (bicyclic) bond motifs is 4. The summed E-state index contributed by atoms with van der Waals surface area (Å²) in [6.45, 7) is 0. The number of hydrogen-bond donors (Lipinski definition) is 0. The van der Waals surface area contributed by atoms with Crippen LogP contribution in [-0.2, 0) is 60.4 Å². The van der Waals surface area contributed by atoms with Crippen LogP contribution in [0.5, 0.6) is 0 Å². The Bertz CT molecular complexity index is 791. The molecule has 5 rings (SSSR count). The molecular weight excluding hydrogens is 969 g/mol. The van der Waals surface area contributed by atoms with E-state index in [0.717, 1.165) is 0 Å². The van der Waals surface area contributed by atoms with Crippen LogP contribution in [0.2, 0.25) is 0 Å². The van der Waals surface area contributed by atoms with Crippen molar-refractivity contribution < 1.29 is 64.8 Å². The Balaban J connectivity index is 0. The number of hydrogen-bond acceptors (Lipinski definition) is 6. The predicted molar refractivity (Wildman–Crippen MR) is 154 cm³/mol. The summed E-state index contributed by atoms with van der Waals surface area (Å²) in [6.07, 6.45) is 12.4. The molecule has 0 amide bonds. The largest absolute Gasteiger partial charge is 0.473 e. The first-order valence-corrected chi connectivity index (χ1v) is 15.2. The van der Waals surface area contributed by atoms with Crippen molar-refractivity contribution >= 4 is 113 Å². The van der Waals surface area contributed by atoms with Crippen LogP contribution in [0.25, 0.3) is 0 Å². The summed E-state index contributed by atoms with van der Waals surface area (Å²) in [4.78, 5) is 32.5. The molecule has 1 aromatic rings. The fourth-order valence-corrected chi connectivity index (χ4v) is 6.95. The standard InChI is InChI=1S/C7H6Br2O2.C7H8O2.C4H4O.C3H2Br4O.CH4.Cu.Zn/c8-5-3-1-2-4(11-3)6(9)7(5)10;8-5-3-6-1-2-7(4-5)9-6;1-2-4-5-3-1;4-2(5)1(8)3(6)7;;;/h1-6H;1-2,6-7H,3-4H2;1-4H;2-3H;1H4;;. The molecular formula is C22H24Br6CuO6Zn. The first-order valence-electron chi connectivity index (χ1n) is 9.68. The quantitative estimate of drug-likeness (QED) is 0.185. The fraction of sp³-hybridized carbons (Fsp3) is 0.500. The third kappa shape index (κ3) is 13.4. The van der Waals surface area contributed by atoms with E-state index < -0.39 is 0 Å². The number of rotatable bonds is 2. The van der Waals surface area contributed by atoms with E-state index in [-0.39, 0.29) is 97.1 Å². The number of halogens is 6. The summed E-state index contributed by atoms with van der Waals surface area (Å²) in [6, 6.07) is 3.67. The van der Waals surface area contributed by atoms with E-state index in [0.29, 0.717) is 18.6 Å². The zero-order valence-electron chi connectivity index (χ0n) is 17.9. The average Bonchev–Trinajstić information content (AvgIpc) is 3.54. The van der Waals surface area contributed by atoms with E-state index in [1.165, 1.54) is 0 Å². The van der Waals surface area contributed by atoms with E-state index >= 15 is 0 Å². The van der Waals surface area contributed by atoms with Crippen molar-refractivity contribution in [1.82, 2.24) is 0 Å². The van der Waals surface area contributed by atoms with Crippen molar-refractivity contribution in [3.63, 3.8) is 0 Å². The predicted octanol–water partition coefficient (Wildman–Crippen LogP) is 6.79. The van der Waals surface area contributed by atoms with Gasteiger partial charge in [-0.3, -0.25) is 14.4 Å². The molecule has 0 saturated carbocycles. The second-order valence-corrected chi connectivity index (χ2v) is 15.1. The van der Waals surface area contributed by atoms with Gasteiger partial charge in [0.1, 0.15) is 22.9 Å². The van der Waals surface area contributed by atoms with Crippen LogP contribution in [0.4, 0.5) is 0 Å². The smallest absolute Gasteiger partial charge is 0.181 e. The van der Waals surface area contributed by atoms with Gasteiger partial charge in [0, 0.05) is 49.4 Å². The summed E-state index contributed by atoms with van der Waals surface area (Å²) >= 11 is 18.8. The summed E-state index contributed by atoms with van der Waals surface area (Å²) in [5.41, 5.74) is 0. The molecule has 0 N–H and O–H groups in total. The molecule has 1 aromatic heterocycles. The molecule has 0 aliphatic carbocycles. The monoisotopic (exact) mass is 985 g/mol. The fourth-order valence-electron chi connectivity index (χ4n) is 2.95. The molecule has 6 unspecified atom stereocenters. The van der Waals surface area contributed by atoms with Gasteiger partial charge in [-0.25, -0.2) is 0 Å². The molecule has 4 bridgehead atoms. The van der Waals surface area contributed by atoms with Crippen LogP contribution in [0.15, 0.2) is 53.4 Å². The molecule has 6 nitrogen and oxygen atoms in total. The van der Waals surface area contributed by atoms with Gasteiger partial charge in [0.05, 0.1) is 36.9 Å². The summed E-state index contributed by atoms with van der Waals surface area (Å²) in [5, 5.41) is 0. The van der Waals surface area contributed by atoms with Crippen molar-refractivity contribution in [1.29, 1.82) is 0 Å². The average molecular weight is 993 g/mol. The molecule has 2 fully saturated rings. The Morgan fingerprint density at radius 2 is 1.22 bits per heavy atom. The maximum atomic E-state index is 11.4. The molecule has 36 heavy (non-hydrogen) atoms. The van der Waals surface area contributed by atoms with Crippen molar-refractivity contribution in [2.24, 2.45) is 0 Å². The van der Waals surface area contributed by atoms with Crippen molar-refractivity contribution in [2.75, 3.05) is 0 Å². The third-order valence-electron chi connectivity index (χ3n) is 4.53. The summed E-state index contributed by atoms with van der Waals surface area (Å²) in [7, 11) is 0. The van der Waals surface area contributed by atoms with E-state index in [2.05, 4.69) is 100.0 Å². The number of carbonyl (C=O) groups is 3. The van der Waals surface area contributed by atoms with Crippen LogP contribution >= 0.6 is 95.6 Å². The SMILES string of the molecule is C.O=C(C(Br)Br)C(Br)Br.O=C1C(Br)C2C=CC(O2)C1Br.O=C1CC2C=CC(C1)O2.[Cu].[Zn].c1ccoc1. The van der Waals surface area contributed by atoms with Gasteiger partial charge in [0.2, 0.25) is 0 Å². The molecule has 0 aromatic carbocycles. The topological polar surface area (TPSA) is 82.8 Å². The zero-order valence-corrected chi connectivity index (χ0v) is 31.3. The summed E-state index contributed by atoms with van der Waals surface area (Å²) < 4.78 is 14.9. The minimum Gasteiger partial charge on any atom is -0.473 e. The van der Waals surface area contributed by atoms with Gasteiger partial charge in [0.25, 0.3) is 0 Å². The molecule has 14 heteroatoms. The normalized spacial score (nSPS) is 28.2. The minimum absolute atomic E-state index is 0. The van der Waals surface area contributed by atoms with Crippen LogP contribution in [0.3, 0.4) is 0 Å². The van der Waals surface area contributed by atoms with Crippen LogP contribution in [0.1, 0.15) is 20.3 Å². The number of alkyl halides is 6. The Morgan fingerprint density at radius 1 is 0.806 bits per heavy atom. The molecule has 1 radical (unpaired) electrons. The van der Waals surface area contributed by atoms with Gasteiger partial charge >= 0.3 is 0 Å². The Hall–Kier alpha value is 1.71. The Labute approximate surface area is 285 Å². The van der Waals surface area contributed by atoms with Crippen molar-refractivity contribution in [3.8, 4) is 0 Å². The first kappa shape index (κ1) is 39.9.